The lowest BCUT2D eigenvalue weighted by molar-refractivity contribution is 0.0405. The second kappa shape index (κ2) is 9.66. The number of ether oxygens (including phenoxy) is 2. The van der Waals surface area contributed by atoms with Crippen LogP contribution in [-0.4, -0.2) is 55.9 Å². The molecule has 1 aromatic carbocycles. The van der Waals surface area contributed by atoms with Gasteiger partial charge in [-0.25, -0.2) is 4.79 Å². The van der Waals surface area contributed by atoms with Crippen LogP contribution in [0.3, 0.4) is 0 Å². The lowest BCUT2D eigenvalue weighted by atomic mass is 10.0. The summed E-state index contributed by atoms with van der Waals surface area (Å²) in [6.07, 6.45) is 2.36. The van der Waals surface area contributed by atoms with Gasteiger partial charge in [-0.05, 0) is 37.9 Å². The van der Waals surface area contributed by atoms with E-state index in [1.165, 1.54) is 6.42 Å². The Hall–Kier alpha value is -1.30. The van der Waals surface area contributed by atoms with Crippen molar-refractivity contribution in [1.29, 1.82) is 0 Å². The molecule has 0 radical (unpaired) electrons. The number of carbonyl (C=O) groups is 1. The van der Waals surface area contributed by atoms with Gasteiger partial charge in [0.25, 0.3) is 0 Å². The monoisotopic (exact) mass is 329 g/mol. The molecular weight excluding hydrogens is 306 g/mol. The van der Waals surface area contributed by atoms with E-state index < -0.39 is 5.97 Å². The second-order valence-electron chi connectivity index (χ2n) is 5.50. The molecule has 1 aromatic rings. The van der Waals surface area contributed by atoms with Gasteiger partial charge in [-0.15, -0.1) is 12.4 Å². The van der Waals surface area contributed by atoms with E-state index in [-0.39, 0.29) is 18.0 Å². The third-order valence-corrected chi connectivity index (χ3v) is 3.67. The smallest absolute Gasteiger partial charge is 0.339 e. The molecule has 1 aliphatic rings. The Morgan fingerprint density at radius 1 is 1.45 bits per heavy atom. The van der Waals surface area contributed by atoms with Crippen LogP contribution in [0, 0.1) is 5.92 Å². The van der Waals surface area contributed by atoms with Crippen molar-refractivity contribution >= 4 is 18.4 Å². The molecule has 1 fully saturated rings. The third-order valence-electron chi connectivity index (χ3n) is 3.67. The van der Waals surface area contributed by atoms with Crippen molar-refractivity contribution in [2.24, 2.45) is 5.92 Å². The minimum atomic E-state index is -0.960. The van der Waals surface area contributed by atoms with Crippen LogP contribution < -0.4 is 4.74 Å². The van der Waals surface area contributed by atoms with Crippen molar-refractivity contribution < 1.29 is 19.4 Å². The van der Waals surface area contributed by atoms with Gasteiger partial charge in [-0.2, -0.15) is 0 Å². The van der Waals surface area contributed by atoms with Gasteiger partial charge in [-0.1, -0.05) is 12.1 Å². The molecule has 1 aliphatic heterocycles. The number of rotatable bonds is 7. The Morgan fingerprint density at radius 2 is 2.23 bits per heavy atom. The molecule has 124 valence electrons. The molecule has 1 N–H and O–H groups in total. The van der Waals surface area contributed by atoms with Crippen LogP contribution in [0.25, 0.3) is 0 Å². The van der Waals surface area contributed by atoms with Crippen LogP contribution in [0.4, 0.5) is 0 Å². The first kappa shape index (κ1) is 18.7. The van der Waals surface area contributed by atoms with E-state index in [4.69, 9.17) is 14.6 Å². The highest BCUT2D eigenvalue weighted by molar-refractivity contribution is 5.90. The maximum absolute atomic E-state index is 11.1. The molecule has 5 nitrogen and oxygen atoms in total. The summed E-state index contributed by atoms with van der Waals surface area (Å²) >= 11 is 0. The Labute approximate surface area is 137 Å². The summed E-state index contributed by atoms with van der Waals surface area (Å²) in [6, 6.07) is 6.73. The first-order chi connectivity index (χ1) is 10.2. The molecular formula is C16H24ClNO4. The predicted octanol–water partition coefficient (Wildman–Crippen LogP) is 2.54. The Morgan fingerprint density at radius 3 is 2.91 bits per heavy atom. The number of likely N-dealkylation sites (N-methyl/N-ethyl adjacent to an activating group) is 1. The van der Waals surface area contributed by atoms with E-state index in [1.807, 2.05) is 0 Å². The van der Waals surface area contributed by atoms with Crippen LogP contribution in [0.15, 0.2) is 24.3 Å². The molecule has 1 saturated heterocycles. The van der Waals surface area contributed by atoms with Gasteiger partial charge in [0.1, 0.15) is 17.9 Å². The minimum absolute atomic E-state index is 0. The lowest BCUT2D eigenvalue weighted by Gasteiger charge is -2.27. The molecule has 0 amide bonds. The van der Waals surface area contributed by atoms with Gasteiger partial charge in [-0.3, -0.25) is 0 Å². The SMILES string of the molecule is CN(CCOc1ccccc1C(=O)O)CC1CCCOC1.Cl. The third kappa shape index (κ3) is 5.83. The van der Waals surface area contributed by atoms with E-state index in [9.17, 15) is 4.79 Å². The van der Waals surface area contributed by atoms with Crippen molar-refractivity contribution in [2.75, 3.05) is 40.0 Å². The molecule has 1 unspecified atom stereocenters. The van der Waals surface area contributed by atoms with Gasteiger partial charge in [0.2, 0.25) is 0 Å². The highest BCUT2D eigenvalue weighted by atomic mass is 35.5. The average Bonchev–Trinajstić information content (AvgIpc) is 2.48. The van der Waals surface area contributed by atoms with Crippen LogP contribution in [0.5, 0.6) is 5.75 Å². The lowest BCUT2D eigenvalue weighted by Crippen LogP contribution is -2.33. The quantitative estimate of drug-likeness (QED) is 0.833. The molecule has 0 bridgehead atoms. The molecule has 0 aliphatic carbocycles. The fourth-order valence-electron chi connectivity index (χ4n) is 2.56. The second-order valence-corrected chi connectivity index (χ2v) is 5.50. The first-order valence-corrected chi connectivity index (χ1v) is 7.38. The Bertz CT molecular complexity index is 463. The van der Waals surface area contributed by atoms with E-state index in [2.05, 4.69) is 11.9 Å². The van der Waals surface area contributed by atoms with E-state index in [1.54, 1.807) is 24.3 Å². The predicted molar refractivity (Wildman–Crippen MR) is 87.2 cm³/mol. The summed E-state index contributed by atoms with van der Waals surface area (Å²) in [5.41, 5.74) is 0.209. The Kier molecular flexibility index (Phi) is 8.24. The van der Waals surface area contributed by atoms with Gasteiger partial charge < -0.3 is 19.5 Å². The zero-order valence-electron chi connectivity index (χ0n) is 12.9. The van der Waals surface area contributed by atoms with Gasteiger partial charge >= 0.3 is 5.97 Å². The van der Waals surface area contributed by atoms with Crippen molar-refractivity contribution in [1.82, 2.24) is 4.90 Å². The molecule has 6 heteroatoms. The molecule has 0 saturated carbocycles. The van der Waals surface area contributed by atoms with Crippen LogP contribution in [0.1, 0.15) is 23.2 Å². The van der Waals surface area contributed by atoms with Crippen LogP contribution in [-0.2, 0) is 4.74 Å². The number of hydrogen-bond donors (Lipinski definition) is 1. The number of hydrogen-bond acceptors (Lipinski definition) is 4. The van der Waals surface area contributed by atoms with Crippen molar-refractivity contribution in [2.45, 2.75) is 12.8 Å². The summed E-state index contributed by atoms with van der Waals surface area (Å²) in [7, 11) is 2.06. The number of halogens is 1. The number of carboxylic acids is 1. The summed E-state index contributed by atoms with van der Waals surface area (Å²) in [6.45, 7) is 3.96. The van der Waals surface area contributed by atoms with Crippen LogP contribution >= 0.6 is 12.4 Å². The number of nitrogens with zero attached hydrogens (tertiary/aromatic N) is 1. The van der Waals surface area contributed by atoms with E-state index in [0.717, 1.165) is 32.7 Å². The Balaban J connectivity index is 0.00000242. The molecule has 0 aromatic heterocycles. The van der Waals surface area contributed by atoms with Crippen molar-refractivity contribution in [3.63, 3.8) is 0 Å². The number of carboxylic acid groups (broad SMARTS) is 1. The topological polar surface area (TPSA) is 59.0 Å². The zero-order valence-corrected chi connectivity index (χ0v) is 13.7. The maximum Gasteiger partial charge on any atom is 0.339 e. The summed E-state index contributed by atoms with van der Waals surface area (Å²) < 4.78 is 11.1. The largest absolute Gasteiger partial charge is 0.491 e. The van der Waals surface area contributed by atoms with Gasteiger partial charge in [0.05, 0.1) is 6.61 Å². The van der Waals surface area contributed by atoms with E-state index in [0.29, 0.717) is 18.3 Å². The normalized spacial score (nSPS) is 17.8. The highest BCUT2D eigenvalue weighted by Crippen LogP contribution is 2.18. The number of aromatic carboxylic acids is 1. The first-order valence-electron chi connectivity index (χ1n) is 7.38. The van der Waals surface area contributed by atoms with E-state index >= 15 is 0 Å². The minimum Gasteiger partial charge on any atom is -0.491 e. The summed E-state index contributed by atoms with van der Waals surface area (Å²) in [5, 5.41) is 9.09. The average molecular weight is 330 g/mol. The van der Waals surface area contributed by atoms with Crippen molar-refractivity contribution in [3.05, 3.63) is 29.8 Å². The zero-order chi connectivity index (χ0) is 15.1. The standard InChI is InChI=1S/C16H23NO4.ClH/c1-17(11-13-5-4-9-20-12-13)8-10-21-15-7-3-2-6-14(15)16(18)19;/h2-3,6-7,13H,4-5,8-12H2,1H3,(H,18,19);1H. The van der Waals surface area contributed by atoms with Gasteiger partial charge in [0, 0.05) is 19.7 Å². The molecule has 1 heterocycles. The molecule has 1 atom stereocenters. The van der Waals surface area contributed by atoms with Crippen LogP contribution in [0.2, 0.25) is 0 Å². The van der Waals surface area contributed by atoms with Crippen molar-refractivity contribution in [3.8, 4) is 5.75 Å². The highest BCUT2D eigenvalue weighted by Gasteiger charge is 2.16. The fraction of sp³-hybridized carbons (Fsp3) is 0.562. The maximum atomic E-state index is 11.1. The molecule has 0 spiro atoms. The number of para-hydroxylation sites is 1. The summed E-state index contributed by atoms with van der Waals surface area (Å²) in [4.78, 5) is 13.3. The molecule has 2 rings (SSSR count). The van der Waals surface area contributed by atoms with Gasteiger partial charge in [0.15, 0.2) is 0 Å². The fourth-order valence-corrected chi connectivity index (χ4v) is 2.56. The molecule has 22 heavy (non-hydrogen) atoms. The summed E-state index contributed by atoms with van der Waals surface area (Å²) in [5.74, 6) is 0.0627. The number of benzene rings is 1.